The van der Waals surface area contributed by atoms with Crippen LogP contribution in [0.25, 0.3) is 22.0 Å². The minimum atomic E-state index is -1.50. The number of rotatable bonds is 5. The molecule has 2 aromatic carbocycles. The lowest BCUT2D eigenvalue weighted by Gasteiger charge is -2.29. The van der Waals surface area contributed by atoms with E-state index in [0.29, 0.717) is 32.1 Å². The quantitative estimate of drug-likeness (QED) is 0.311. The Morgan fingerprint density at radius 3 is 2.61 bits per heavy atom. The summed E-state index contributed by atoms with van der Waals surface area (Å²) in [6.45, 7) is 0. The van der Waals surface area contributed by atoms with Crippen LogP contribution in [-0.4, -0.2) is 26.8 Å². The Labute approximate surface area is 204 Å². The molecule has 3 heterocycles. The number of hydrogen-bond donors (Lipinski definition) is 1. The van der Waals surface area contributed by atoms with Crippen molar-refractivity contribution in [3.63, 3.8) is 0 Å². The van der Waals surface area contributed by atoms with Gasteiger partial charge in [0.15, 0.2) is 5.60 Å². The highest BCUT2D eigenvalue weighted by molar-refractivity contribution is 7.10. The molecule has 0 aliphatic rings. The van der Waals surface area contributed by atoms with E-state index in [4.69, 9.17) is 27.9 Å². The van der Waals surface area contributed by atoms with E-state index in [1.165, 1.54) is 11.3 Å². The van der Waals surface area contributed by atoms with Gasteiger partial charge in [-0.1, -0.05) is 41.4 Å². The van der Waals surface area contributed by atoms with Crippen LogP contribution in [-0.2, 0) is 12.6 Å². The Balaban J connectivity index is 1.82. The second kappa shape index (κ2) is 8.47. The van der Waals surface area contributed by atoms with Gasteiger partial charge in [0.1, 0.15) is 0 Å². The van der Waals surface area contributed by atoms with Crippen LogP contribution < -0.4 is 4.74 Å². The molecule has 0 amide bonds. The average Bonchev–Trinajstić information content (AvgIpc) is 3.46. The van der Waals surface area contributed by atoms with Crippen LogP contribution in [0.4, 0.5) is 0 Å². The van der Waals surface area contributed by atoms with Crippen molar-refractivity contribution in [2.45, 2.75) is 5.60 Å². The number of aromatic nitrogens is 3. The van der Waals surface area contributed by atoms with Gasteiger partial charge in [0, 0.05) is 23.5 Å². The third kappa shape index (κ3) is 3.69. The van der Waals surface area contributed by atoms with E-state index in [9.17, 15) is 5.11 Å². The molecule has 0 fully saturated rings. The van der Waals surface area contributed by atoms with Crippen LogP contribution in [0, 0.1) is 0 Å². The van der Waals surface area contributed by atoms with E-state index in [-0.39, 0.29) is 0 Å². The SMILES string of the molecule is COc1cc(-c2cccc(Cl)c2)c2cc(C(O)(c3sccc3Cl)c3cncn3C)ccc2n1. The number of nitrogens with zero attached hydrogens (tertiary/aromatic N) is 3. The number of fused-ring (bicyclic) bond motifs is 1. The van der Waals surface area contributed by atoms with E-state index >= 15 is 0 Å². The standard InChI is InChI=1S/C25H19Cl2N3O2S/c1-30-14-28-13-22(30)25(31,24-20(27)8-9-33-24)16-6-7-21-19(11-16)18(12-23(29-21)32-2)15-4-3-5-17(26)10-15/h3-14,31H,1-2H3. The minimum absolute atomic E-state index is 0.492. The zero-order valence-electron chi connectivity index (χ0n) is 17.8. The number of aliphatic hydroxyl groups is 1. The molecule has 0 saturated heterocycles. The predicted octanol–water partition coefficient (Wildman–Crippen LogP) is 6.30. The number of thiophene rings is 1. The Morgan fingerprint density at radius 2 is 1.94 bits per heavy atom. The van der Waals surface area contributed by atoms with E-state index < -0.39 is 5.60 Å². The summed E-state index contributed by atoms with van der Waals surface area (Å²) < 4.78 is 7.24. The van der Waals surface area contributed by atoms with Crippen molar-refractivity contribution in [3.8, 4) is 17.0 Å². The first-order chi connectivity index (χ1) is 15.9. The van der Waals surface area contributed by atoms with Crippen molar-refractivity contribution >= 4 is 45.4 Å². The predicted molar refractivity (Wildman–Crippen MR) is 133 cm³/mol. The van der Waals surface area contributed by atoms with E-state index in [0.717, 1.165) is 22.0 Å². The van der Waals surface area contributed by atoms with Gasteiger partial charge in [0.05, 0.1) is 40.7 Å². The second-order valence-electron chi connectivity index (χ2n) is 7.65. The van der Waals surface area contributed by atoms with Gasteiger partial charge in [-0.15, -0.1) is 11.3 Å². The topological polar surface area (TPSA) is 60.2 Å². The molecule has 3 aromatic heterocycles. The summed E-state index contributed by atoms with van der Waals surface area (Å²) in [5, 5.41) is 16.1. The monoisotopic (exact) mass is 495 g/mol. The molecule has 5 nitrogen and oxygen atoms in total. The Bertz CT molecular complexity index is 1440. The maximum atomic E-state index is 12.2. The molecule has 0 saturated carbocycles. The van der Waals surface area contributed by atoms with Crippen molar-refractivity contribution in [2.24, 2.45) is 7.05 Å². The minimum Gasteiger partial charge on any atom is -0.481 e. The van der Waals surface area contributed by atoms with Crippen LogP contribution in [0.1, 0.15) is 16.1 Å². The maximum absolute atomic E-state index is 12.2. The lowest BCUT2D eigenvalue weighted by atomic mass is 9.87. The third-order valence-electron chi connectivity index (χ3n) is 5.68. The zero-order chi connectivity index (χ0) is 23.2. The Morgan fingerprint density at radius 1 is 1.09 bits per heavy atom. The molecular formula is C25H19Cl2N3O2S. The average molecular weight is 496 g/mol. The molecule has 0 aliphatic heterocycles. The summed E-state index contributed by atoms with van der Waals surface area (Å²) in [6.07, 6.45) is 3.32. The molecule has 5 rings (SSSR count). The molecule has 0 radical (unpaired) electrons. The third-order valence-corrected chi connectivity index (χ3v) is 7.37. The highest BCUT2D eigenvalue weighted by atomic mass is 35.5. The van der Waals surface area contributed by atoms with Gasteiger partial charge in [0.25, 0.3) is 0 Å². The number of hydrogen-bond acceptors (Lipinski definition) is 5. The molecule has 1 N–H and O–H groups in total. The molecule has 8 heteroatoms. The highest BCUT2D eigenvalue weighted by Crippen LogP contribution is 2.44. The Hall–Kier alpha value is -2.90. The van der Waals surface area contributed by atoms with E-state index in [1.54, 1.807) is 30.3 Å². The highest BCUT2D eigenvalue weighted by Gasteiger charge is 2.39. The molecule has 166 valence electrons. The molecule has 5 aromatic rings. The number of benzene rings is 2. The van der Waals surface area contributed by atoms with Crippen LogP contribution in [0.5, 0.6) is 5.88 Å². The molecule has 0 aliphatic carbocycles. The molecule has 1 unspecified atom stereocenters. The largest absolute Gasteiger partial charge is 0.481 e. The van der Waals surface area contributed by atoms with Crippen LogP contribution in [0.2, 0.25) is 10.0 Å². The van der Waals surface area contributed by atoms with Crippen molar-refractivity contribution < 1.29 is 9.84 Å². The van der Waals surface area contributed by atoms with E-state index in [2.05, 4.69) is 9.97 Å². The lowest BCUT2D eigenvalue weighted by Crippen LogP contribution is -2.30. The summed E-state index contributed by atoms with van der Waals surface area (Å²) in [7, 11) is 3.43. The summed E-state index contributed by atoms with van der Waals surface area (Å²) in [4.78, 5) is 9.46. The molecule has 33 heavy (non-hydrogen) atoms. The normalized spacial score (nSPS) is 13.2. The van der Waals surface area contributed by atoms with Crippen molar-refractivity contribution in [3.05, 3.63) is 98.7 Å². The number of pyridine rings is 1. The van der Waals surface area contributed by atoms with Crippen LogP contribution in [0.15, 0.2) is 72.5 Å². The molecule has 0 spiro atoms. The number of halogens is 2. The fourth-order valence-electron chi connectivity index (χ4n) is 4.08. The summed E-state index contributed by atoms with van der Waals surface area (Å²) in [5.41, 5.74) is 2.30. The fourth-order valence-corrected chi connectivity index (χ4v) is 5.59. The van der Waals surface area contributed by atoms with Gasteiger partial charge in [-0.3, -0.25) is 0 Å². The molecular weight excluding hydrogens is 477 g/mol. The summed E-state index contributed by atoms with van der Waals surface area (Å²) in [6, 6.07) is 17.0. The number of aryl methyl sites for hydroxylation is 1. The van der Waals surface area contributed by atoms with Crippen molar-refractivity contribution in [1.82, 2.24) is 14.5 Å². The van der Waals surface area contributed by atoms with Crippen molar-refractivity contribution in [1.29, 1.82) is 0 Å². The van der Waals surface area contributed by atoms with Gasteiger partial charge < -0.3 is 14.4 Å². The van der Waals surface area contributed by atoms with Crippen molar-refractivity contribution in [2.75, 3.05) is 7.11 Å². The number of imidazole rings is 1. The van der Waals surface area contributed by atoms with Crippen LogP contribution in [0.3, 0.4) is 0 Å². The van der Waals surface area contributed by atoms with Gasteiger partial charge >= 0.3 is 0 Å². The van der Waals surface area contributed by atoms with Crippen LogP contribution >= 0.6 is 34.5 Å². The number of ether oxygens (including phenoxy) is 1. The van der Waals surface area contributed by atoms with E-state index in [1.807, 2.05) is 61.0 Å². The smallest absolute Gasteiger partial charge is 0.214 e. The number of methoxy groups -OCH3 is 1. The van der Waals surface area contributed by atoms with Gasteiger partial charge in [-0.2, -0.15) is 0 Å². The first-order valence-corrected chi connectivity index (χ1v) is 11.7. The lowest BCUT2D eigenvalue weighted by molar-refractivity contribution is 0.121. The summed E-state index contributed by atoms with van der Waals surface area (Å²) >= 11 is 14.2. The first kappa shape index (κ1) is 21.9. The van der Waals surface area contributed by atoms with Gasteiger partial charge in [-0.25, -0.2) is 9.97 Å². The Kier molecular flexibility index (Phi) is 5.62. The zero-order valence-corrected chi connectivity index (χ0v) is 20.1. The van der Waals surface area contributed by atoms with Gasteiger partial charge in [0.2, 0.25) is 5.88 Å². The first-order valence-electron chi connectivity index (χ1n) is 10.1. The molecule has 1 atom stereocenters. The molecule has 0 bridgehead atoms. The fraction of sp³-hybridized carbons (Fsp3) is 0.120. The summed E-state index contributed by atoms with van der Waals surface area (Å²) in [5.74, 6) is 0.494. The maximum Gasteiger partial charge on any atom is 0.214 e. The van der Waals surface area contributed by atoms with Gasteiger partial charge in [-0.05, 0) is 52.4 Å². The second-order valence-corrected chi connectivity index (χ2v) is 9.41.